The van der Waals surface area contributed by atoms with Crippen LogP contribution < -0.4 is 9.91 Å². The first-order valence-electron chi connectivity index (χ1n) is 9.33. The lowest BCUT2D eigenvalue weighted by Gasteiger charge is -2.17. The fraction of sp³-hybridized carbons (Fsp3) is 0.143. The lowest BCUT2D eigenvalue weighted by atomic mass is 10.1. The number of carbonyl (C=O) groups is 1. The Morgan fingerprint density at radius 2 is 1.87 bits per heavy atom. The summed E-state index contributed by atoms with van der Waals surface area (Å²) in [6.45, 7) is 4.54. The molecule has 2 heterocycles. The van der Waals surface area contributed by atoms with E-state index < -0.39 is 10.1 Å². The molecule has 0 aliphatic carbocycles. The molecule has 0 atom stereocenters. The third-order valence-corrected chi connectivity index (χ3v) is 7.08. The van der Waals surface area contributed by atoms with Gasteiger partial charge in [-0.3, -0.25) is 9.35 Å². The maximum absolute atomic E-state index is 12.9. The van der Waals surface area contributed by atoms with Crippen molar-refractivity contribution in [3.05, 3.63) is 70.2 Å². The van der Waals surface area contributed by atoms with Gasteiger partial charge in [-0.1, -0.05) is 23.4 Å². The van der Waals surface area contributed by atoms with Gasteiger partial charge < -0.3 is 4.90 Å². The molecule has 0 unspecified atom stereocenters. The van der Waals surface area contributed by atoms with Gasteiger partial charge in [0.2, 0.25) is 0 Å². The molecule has 31 heavy (non-hydrogen) atoms. The molecule has 0 spiro atoms. The van der Waals surface area contributed by atoms with Gasteiger partial charge in [-0.15, -0.1) is 0 Å². The Labute approximate surface area is 189 Å². The largest absolute Gasteiger partial charge is 0.335 e. The highest BCUT2D eigenvalue weighted by Gasteiger charge is 2.29. The number of amides is 1. The van der Waals surface area contributed by atoms with Crippen molar-refractivity contribution in [1.29, 1.82) is 0 Å². The van der Waals surface area contributed by atoms with Crippen molar-refractivity contribution >= 4 is 56.5 Å². The number of hydrazone groups is 1. The fourth-order valence-electron chi connectivity index (χ4n) is 3.32. The van der Waals surface area contributed by atoms with Crippen LogP contribution in [0.1, 0.15) is 13.8 Å². The van der Waals surface area contributed by atoms with Crippen LogP contribution in [-0.2, 0) is 14.9 Å². The van der Waals surface area contributed by atoms with Crippen molar-refractivity contribution in [3.63, 3.8) is 0 Å². The van der Waals surface area contributed by atoms with Crippen LogP contribution in [-0.4, -0.2) is 31.1 Å². The molecule has 4 rings (SSSR count). The van der Waals surface area contributed by atoms with Crippen LogP contribution in [0.5, 0.6) is 0 Å². The molecule has 0 saturated heterocycles. The van der Waals surface area contributed by atoms with Crippen molar-refractivity contribution in [2.75, 3.05) is 16.5 Å². The van der Waals surface area contributed by atoms with Crippen LogP contribution in [0, 0.1) is 0 Å². The van der Waals surface area contributed by atoms with Gasteiger partial charge in [0.15, 0.2) is 0 Å². The Bertz CT molecular complexity index is 1270. The van der Waals surface area contributed by atoms with E-state index >= 15 is 0 Å². The summed E-state index contributed by atoms with van der Waals surface area (Å²) < 4.78 is 31.5. The molecule has 1 N–H and O–H groups in total. The van der Waals surface area contributed by atoms with Crippen molar-refractivity contribution in [2.24, 2.45) is 5.10 Å². The maximum atomic E-state index is 12.9. The number of thioether (sulfide) groups is 1. The standard InChI is InChI=1S/C21H18ClN3O4S2/c1-3-24-18-12-14(22)4-10-19(18)30-20(24)11-9-17-13(2)23-25(21(17)26)15-5-7-16(8-6-15)31(27,28)29/h4-12H,3H2,1-2H3,(H,27,28,29)/b17-9-,20-11-. The van der Waals surface area contributed by atoms with E-state index in [1.54, 1.807) is 24.8 Å². The molecule has 2 aromatic rings. The van der Waals surface area contributed by atoms with Crippen LogP contribution in [0.15, 0.2) is 80.1 Å². The van der Waals surface area contributed by atoms with Gasteiger partial charge >= 0.3 is 0 Å². The van der Waals surface area contributed by atoms with Crippen LogP contribution >= 0.6 is 23.4 Å². The molecular formula is C21H18ClN3O4S2. The van der Waals surface area contributed by atoms with Gasteiger partial charge in [0.05, 0.1) is 32.6 Å². The van der Waals surface area contributed by atoms with Crippen molar-refractivity contribution in [2.45, 2.75) is 23.6 Å². The number of hydrogen-bond acceptors (Lipinski definition) is 6. The van der Waals surface area contributed by atoms with Crippen LogP contribution in [0.3, 0.4) is 0 Å². The van der Waals surface area contributed by atoms with E-state index in [4.69, 9.17) is 16.2 Å². The van der Waals surface area contributed by atoms with Crippen molar-refractivity contribution < 1.29 is 17.8 Å². The van der Waals surface area contributed by atoms with E-state index in [1.807, 2.05) is 31.2 Å². The summed E-state index contributed by atoms with van der Waals surface area (Å²) in [5, 5.41) is 7.16. The van der Waals surface area contributed by atoms with Crippen LogP contribution in [0.4, 0.5) is 11.4 Å². The van der Waals surface area contributed by atoms with E-state index in [9.17, 15) is 13.2 Å². The molecule has 0 radical (unpaired) electrons. The maximum Gasteiger partial charge on any atom is 0.294 e. The van der Waals surface area contributed by atoms with E-state index in [0.29, 0.717) is 22.0 Å². The molecule has 0 bridgehead atoms. The third kappa shape index (κ3) is 4.14. The summed E-state index contributed by atoms with van der Waals surface area (Å²) in [4.78, 5) is 15.9. The van der Waals surface area contributed by atoms with Crippen LogP contribution in [0.25, 0.3) is 0 Å². The summed E-state index contributed by atoms with van der Waals surface area (Å²) in [5.41, 5.74) is 2.43. The second-order valence-corrected chi connectivity index (χ2v) is 9.74. The van der Waals surface area contributed by atoms with E-state index in [0.717, 1.165) is 22.2 Å². The molecule has 0 fully saturated rings. The summed E-state index contributed by atoms with van der Waals surface area (Å²) in [6, 6.07) is 11.0. The number of carbonyl (C=O) groups excluding carboxylic acids is 1. The Morgan fingerprint density at radius 3 is 2.52 bits per heavy atom. The fourth-order valence-corrected chi connectivity index (χ4v) is 5.08. The number of hydrogen-bond donors (Lipinski definition) is 1. The highest BCUT2D eigenvalue weighted by Crippen LogP contribution is 2.46. The summed E-state index contributed by atoms with van der Waals surface area (Å²) in [7, 11) is -4.30. The van der Waals surface area contributed by atoms with Crippen LogP contribution in [0.2, 0.25) is 5.02 Å². The minimum absolute atomic E-state index is 0.248. The molecule has 7 nitrogen and oxygen atoms in total. The molecule has 2 aliphatic rings. The zero-order chi connectivity index (χ0) is 22.3. The molecule has 2 aliphatic heterocycles. The molecule has 10 heteroatoms. The first-order chi connectivity index (χ1) is 14.7. The third-order valence-electron chi connectivity index (χ3n) is 4.84. The quantitative estimate of drug-likeness (QED) is 0.508. The molecule has 0 saturated carbocycles. The van der Waals surface area contributed by atoms with Crippen molar-refractivity contribution in [1.82, 2.24) is 0 Å². The summed E-state index contributed by atoms with van der Waals surface area (Å²) >= 11 is 7.74. The number of anilines is 2. The highest BCUT2D eigenvalue weighted by molar-refractivity contribution is 8.03. The number of fused-ring (bicyclic) bond motifs is 1. The predicted molar refractivity (Wildman–Crippen MR) is 123 cm³/mol. The Hall–Kier alpha value is -2.59. The average molecular weight is 476 g/mol. The summed E-state index contributed by atoms with van der Waals surface area (Å²) in [5.74, 6) is -0.319. The SMILES string of the molecule is CCN1/C(=C/C=C2\C(=O)N(c3ccc(S(=O)(=O)O)cc3)N=C2C)Sc2ccc(Cl)cc21. The average Bonchev–Trinajstić information content (AvgIpc) is 3.21. The number of nitrogens with zero attached hydrogens (tertiary/aromatic N) is 3. The Kier molecular flexibility index (Phi) is 5.69. The molecule has 1 amide bonds. The van der Waals surface area contributed by atoms with Gasteiger partial charge in [-0.05, 0) is 68.5 Å². The zero-order valence-electron chi connectivity index (χ0n) is 16.6. The highest BCUT2D eigenvalue weighted by atomic mass is 35.5. The second kappa shape index (κ2) is 8.16. The number of rotatable bonds is 4. The number of benzene rings is 2. The normalized spacial score (nSPS) is 18.8. The first kappa shape index (κ1) is 21.6. The molecule has 2 aromatic carbocycles. The minimum atomic E-state index is -4.30. The molecule has 160 valence electrons. The molecular weight excluding hydrogens is 458 g/mol. The molecule has 0 aromatic heterocycles. The van der Waals surface area contributed by atoms with E-state index in [-0.39, 0.29) is 10.8 Å². The minimum Gasteiger partial charge on any atom is -0.335 e. The van der Waals surface area contributed by atoms with Gasteiger partial charge in [-0.2, -0.15) is 18.5 Å². The lowest BCUT2D eigenvalue weighted by molar-refractivity contribution is -0.114. The second-order valence-electron chi connectivity index (χ2n) is 6.81. The predicted octanol–water partition coefficient (Wildman–Crippen LogP) is 4.71. The van der Waals surface area contributed by atoms with Gasteiger partial charge in [0.25, 0.3) is 16.0 Å². The van der Waals surface area contributed by atoms with Gasteiger partial charge in [0.1, 0.15) is 0 Å². The number of halogens is 1. The summed E-state index contributed by atoms with van der Waals surface area (Å²) in [6.07, 6.45) is 3.63. The monoisotopic (exact) mass is 475 g/mol. The van der Waals surface area contributed by atoms with E-state index in [1.165, 1.54) is 29.3 Å². The van der Waals surface area contributed by atoms with Gasteiger partial charge in [0, 0.05) is 16.5 Å². The first-order valence-corrected chi connectivity index (χ1v) is 12.0. The van der Waals surface area contributed by atoms with E-state index in [2.05, 4.69) is 10.0 Å². The smallest absolute Gasteiger partial charge is 0.294 e. The van der Waals surface area contributed by atoms with Gasteiger partial charge in [-0.25, -0.2) is 0 Å². The Balaban J connectivity index is 1.60. The Morgan fingerprint density at radius 1 is 1.16 bits per heavy atom. The number of allylic oxidation sites excluding steroid dienone is 2. The lowest BCUT2D eigenvalue weighted by Crippen LogP contribution is -2.21. The zero-order valence-corrected chi connectivity index (χ0v) is 19.0. The topological polar surface area (TPSA) is 90.3 Å². The van der Waals surface area contributed by atoms with Crippen molar-refractivity contribution in [3.8, 4) is 0 Å².